The molecule has 0 spiro atoms. The van der Waals surface area contributed by atoms with Crippen molar-refractivity contribution in [2.24, 2.45) is 0 Å². The predicted molar refractivity (Wildman–Crippen MR) is 64.9 cm³/mol. The average Bonchev–Trinajstić information content (AvgIpc) is 2.78. The van der Waals surface area contributed by atoms with Gasteiger partial charge < -0.3 is 14.8 Å². The number of hydrogen-bond acceptors (Lipinski definition) is 3. The summed E-state index contributed by atoms with van der Waals surface area (Å²) in [7, 11) is 0. The van der Waals surface area contributed by atoms with Gasteiger partial charge in [-0.1, -0.05) is 18.2 Å². The van der Waals surface area contributed by atoms with Gasteiger partial charge in [0.25, 0.3) is 5.91 Å². The van der Waals surface area contributed by atoms with Crippen molar-refractivity contribution in [3.8, 4) is 0 Å². The minimum absolute atomic E-state index is 0.153. The van der Waals surface area contributed by atoms with E-state index in [0.717, 1.165) is 11.8 Å². The molecule has 4 nitrogen and oxygen atoms in total. The molecule has 17 heavy (non-hydrogen) atoms. The highest BCUT2D eigenvalue weighted by molar-refractivity contribution is 5.95. The van der Waals surface area contributed by atoms with Crippen LogP contribution in [0.2, 0.25) is 0 Å². The lowest BCUT2D eigenvalue weighted by atomic mass is 10.2. The van der Waals surface area contributed by atoms with Crippen LogP contribution >= 0.6 is 0 Å². The number of nitrogens with one attached hydrogen (secondary N) is 1. The molecule has 0 aliphatic heterocycles. The number of fused-ring (bicyclic) bond motifs is 1. The van der Waals surface area contributed by atoms with E-state index in [1.54, 1.807) is 6.07 Å². The molecule has 0 radical (unpaired) electrons. The number of benzene rings is 1. The van der Waals surface area contributed by atoms with Gasteiger partial charge in [-0.25, -0.2) is 0 Å². The first kappa shape index (κ1) is 11.7. The Bertz CT molecular complexity index is 471. The van der Waals surface area contributed by atoms with Crippen molar-refractivity contribution in [3.63, 3.8) is 0 Å². The number of aliphatic hydroxyl groups excluding tert-OH is 1. The Hall–Kier alpha value is -1.81. The van der Waals surface area contributed by atoms with E-state index in [2.05, 4.69) is 5.32 Å². The van der Waals surface area contributed by atoms with Gasteiger partial charge in [0.1, 0.15) is 5.58 Å². The molecule has 1 aromatic heterocycles. The number of para-hydroxylation sites is 1. The summed E-state index contributed by atoms with van der Waals surface area (Å²) >= 11 is 0. The van der Waals surface area contributed by atoms with Crippen LogP contribution in [0.5, 0.6) is 0 Å². The molecule has 0 aliphatic rings. The van der Waals surface area contributed by atoms with Crippen molar-refractivity contribution < 1.29 is 14.3 Å². The number of carbonyl (C=O) groups excluding carboxylic acids is 1. The van der Waals surface area contributed by atoms with Crippen LogP contribution in [0.3, 0.4) is 0 Å². The molecule has 0 saturated heterocycles. The van der Waals surface area contributed by atoms with E-state index in [0.29, 0.717) is 24.3 Å². The van der Waals surface area contributed by atoms with E-state index in [4.69, 9.17) is 9.52 Å². The first-order chi connectivity index (χ1) is 8.31. The fourth-order valence-corrected chi connectivity index (χ4v) is 1.62. The molecule has 0 aliphatic carbocycles. The first-order valence-corrected chi connectivity index (χ1v) is 5.69. The van der Waals surface area contributed by atoms with Gasteiger partial charge in [-0.15, -0.1) is 0 Å². The van der Waals surface area contributed by atoms with Crippen LogP contribution in [0.1, 0.15) is 23.4 Å². The molecule has 2 aromatic rings. The topological polar surface area (TPSA) is 62.5 Å². The van der Waals surface area contributed by atoms with Gasteiger partial charge in [0.2, 0.25) is 0 Å². The van der Waals surface area contributed by atoms with E-state index in [-0.39, 0.29) is 12.5 Å². The smallest absolute Gasteiger partial charge is 0.287 e. The van der Waals surface area contributed by atoms with Crippen molar-refractivity contribution in [2.45, 2.75) is 12.8 Å². The van der Waals surface area contributed by atoms with Gasteiger partial charge in [-0.05, 0) is 25.0 Å². The Kier molecular flexibility index (Phi) is 3.77. The summed E-state index contributed by atoms with van der Waals surface area (Å²) in [6, 6.07) is 9.24. The molecular formula is C13H15NO3. The van der Waals surface area contributed by atoms with Crippen LogP contribution < -0.4 is 5.32 Å². The number of amides is 1. The van der Waals surface area contributed by atoms with Crippen molar-refractivity contribution in [1.82, 2.24) is 5.32 Å². The quantitative estimate of drug-likeness (QED) is 0.776. The lowest BCUT2D eigenvalue weighted by Crippen LogP contribution is -2.24. The lowest BCUT2D eigenvalue weighted by Gasteiger charge is -2.01. The van der Waals surface area contributed by atoms with Crippen molar-refractivity contribution in [1.29, 1.82) is 0 Å². The second-order valence-corrected chi connectivity index (χ2v) is 3.84. The molecule has 0 bridgehead atoms. The molecule has 0 atom stereocenters. The summed E-state index contributed by atoms with van der Waals surface area (Å²) in [6.45, 7) is 0.705. The van der Waals surface area contributed by atoms with E-state index in [1.807, 2.05) is 24.3 Å². The van der Waals surface area contributed by atoms with Crippen LogP contribution in [0.25, 0.3) is 11.0 Å². The molecule has 1 heterocycles. The van der Waals surface area contributed by atoms with Gasteiger partial charge in [-0.2, -0.15) is 0 Å². The zero-order chi connectivity index (χ0) is 12.1. The normalized spacial score (nSPS) is 10.6. The third kappa shape index (κ3) is 2.85. The predicted octanol–water partition coefficient (Wildman–Crippen LogP) is 1.94. The monoisotopic (exact) mass is 233 g/mol. The van der Waals surface area contributed by atoms with Crippen LogP contribution in [0.15, 0.2) is 34.7 Å². The number of carbonyl (C=O) groups is 1. The first-order valence-electron chi connectivity index (χ1n) is 5.69. The number of furan rings is 1. The maximum Gasteiger partial charge on any atom is 0.287 e. The molecular weight excluding hydrogens is 218 g/mol. The lowest BCUT2D eigenvalue weighted by molar-refractivity contribution is 0.0926. The van der Waals surface area contributed by atoms with Crippen molar-refractivity contribution in [3.05, 3.63) is 36.1 Å². The summed E-state index contributed by atoms with van der Waals surface area (Å²) in [5.41, 5.74) is 0.716. The number of hydrogen-bond donors (Lipinski definition) is 2. The highest BCUT2D eigenvalue weighted by atomic mass is 16.3. The van der Waals surface area contributed by atoms with Gasteiger partial charge >= 0.3 is 0 Å². The second kappa shape index (κ2) is 5.50. The van der Waals surface area contributed by atoms with E-state index < -0.39 is 0 Å². The molecule has 2 rings (SSSR count). The van der Waals surface area contributed by atoms with Gasteiger partial charge in [0.05, 0.1) is 0 Å². The third-order valence-corrected chi connectivity index (χ3v) is 2.52. The maximum absolute atomic E-state index is 11.7. The highest BCUT2D eigenvalue weighted by Gasteiger charge is 2.10. The maximum atomic E-state index is 11.7. The Labute approximate surface area is 99.2 Å². The Morgan fingerprint density at radius 3 is 2.88 bits per heavy atom. The standard InChI is InChI=1S/C13H15NO3/c15-8-4-3-7-14-13(16)12-9-10-5-1-2-6-11(10)17-12/h1-2,5-6,9,15H,3-4,7-8H2,(H,14,16). The SMILES string of the molecule is O=C(NCCCCO)c1cc2ccccc2o1. The Morgan fingerprint density at radius 1 is 1.29 bits per heavy atom. The fraction of sp³-hybridized carbons (Fsp3) is 0.308. The molecule has 1 aromatic carbocycles. The van der Waals surface area contributed by atoms with Crippen LogP contribution in [-0.4, -0.2) is 24.2 Å². The summed E-state index contributed by atoms with van der Waals surface area (Å²) in [6.07, 6.45) is 1.46. The molecule has 0 unspecified atom stereocenters. The van der Waals surface area contributed by atoms with Gasteiger partial charge in [0.15, 0.2) is 5.76 Å². The number of unbranched alkanes of at least 4 members (excludes halogenated alkanes) is 1. The minimum Gasteiger partial charge on any atom is -0.451 e. The molecule has 2 N–H and O–H groups in total. The third-order valence-electron chi connectivity index (χ3n) is 2.52. The van der Waals surface area contributed by atoms with E-state index in [1.165, 1.54) is 0 Å². The van der Waals surface area contributed by atoms with Crippen LogP contribution in [0, 0.1) is 0 Å². The van der Waals surface area contributed by atoms with E-state index >= 15 is 0 Å². The second-order valence-electron chi connectivity index (χ2n) is 3.84. The van der Waals surface area contributed by atoms with Crippen LogP contribution in [0.4, 0.5) is 0 Å². The minimum atomic E-state index is -0.209. The van der Waals surface area contributed by atoms with Crippen LogP contribution in [-0.2, 0) is 0 Å². The fourth-order valence-electron chi connectivity index (χ4n) is 1.62. The zero-order valence-corrected chi connectivity index (χ0v) is 9.48. The Morgan fingerprint density at radius 2 is 2.12 bits per heavy atom. The largest absolute Gasteiger partial charge is 0.451 e. The summed E-state index contributed by atoms with van der Waals surface area (Å²) in [5.74, 6) is 0.120. The molecule has 4 heteroatoms. The molecule has 0 saturated carbocycles. The summed E-state index contributed by atoms with van der Waals surface area (Å²) in [5, 5.41) is 12.3. The number of rotatable bonds is 5. The highest BCUT2D eigenvalue weighted by Crippen LogP contribution is 2.18. The van der Waals surface area contributed by atoms with Gasteiger partial charge in [0, 0.05) is 18.5 Å². The average molecular weight is 233 g/mol. The molecule has 90 valence electrons. The van der Waals surface area contributed by atoms with Crippen molar-refractivity contribution >= 4 is 16.9 Å². The Balaban J connectivity index is 1.99. The number of aliphatic hydroxyl groups is 1. The summed E-state index contributed by atoms with van der Waals surface area (Å²) in [4.78, 5) is 11.7. The van der Waals surface area contributed by atoms with Gasteiger partial charge in [-0.3, -0.25) is 4.79 Å². The van der Waals surface area contributed by atoms with E-state index in [9.17, 15) is 4.79 Å². The van der Waals surface area contributed by atoms with Crippen molar-refractivity contribution in [2.75, 3.05) is 13.2 Å². The molecule has 1 amide bonds. The zero-order valence-electron chi connectivity index (χ0n) is 9.48. The molecule has 0 fully saturated rings. The summed E-state index contributed by atoms with van der Waals surface area (Å²) < 4.78 is 5.43.